The number of ketones is 1. The summed E-state index contributed by atoms with van der Waals surface area (Å²) in [4.78, 5) is 15.6. The van der Waals surface area contributed by atoms with E-state index < -0.39 is 80.6 Å². The summed E-state index contributed by atoms with van der Waals surface area (Å²) in [5, 5.41) is 115. The van der Waals surface area contributed by atoms with E-state index in [0.717, 1.165) is 50.6 Å². The number of likely N-dealkylation sites (N-methyl/N-ethyl adjacent to an activating group) is 1. The monoisotopic (exact) mass is 902 g/mol. The lowest BCUT2D eigenvalue weighted by atomic mass is 9.35. The number of benzene rings is 1. The number of hydrogen-bond donors (Lipinski definition) is 10. The first-order chi connectivity index (χ1) is 30.6. The minimum Gasteiger partial charge on any atom is -0.508 e. The highest BCUT2D eigenvalue weighted by atomic mass is 16.6. The van der Waals surface area contributed by atoms with Gasteiger partial charge in [0.15, 0.2) is 5.78 Å². The Morgan fingerprint density at radius 3 is 2.35 bits per heavy atom. The summed E-state index contributed by atoms with van der Waals surface area (Å²) in [6, 6.07) is 2.80. The molecule has 1 aromatic carbocycles. The molecule has 0 amide bonds. The highest BCUT2D eigenvalue weighted by Crippen LogP contribution is 2.82. The summed E-state index contributed by atoms with van der Waals surface area (Å²) in [6.07, 6.45) is 8.50. The third-order valence-electron chi connectivity index (χ3n) is 22.3. The zero-order chi connectivity index (χ0) is 46.3. The highest BCUT2D eigenvalue weighted by Gasteiger charge is 2.85. The molecule has 6 saturated carbocycles. The van der Waals surface area contributed by atoms with Gasteiger partial charge in [-0.05, 0) is 139 Å². The summed E-state index contributed by atoms with van der Waals surface area (Å²) in [7, 11) is 0. The molecule has 0 aromatic heterocycles. The van der Waals surface area contributed by atoms with Gasteiger partial charge in [0.2, 0.25) is 0 Å². The Labute approximate surface area is 383 Å². The maximum Gasteiger partial charge on any atom is 0.160 e. The van der Waals surface area contributed by atoms with Crippen molar-refractivity contribution in [2.45, 2.75) is 171 Å². The Kier molecular flexibility index (Phi) is 9.79. The van der Waals surface area contributed by atoms with Crippen LogP contribution in [0, 0.1) is 62.6 Å². The quantitative estimate of drug-likeness (QED) is 0.176. The molecule has 1 aromatic rings. The van der Waals surface area contributed by atoms with Gasteiger partial charge in [0, 0.05) is 67.8 Å². The first-order valence-corrected chi connectivity index (χ1v) is 25.3. The van der Waals surface area contributed by atoms with Crippen LogP contribution in [-0.4, -0.2) is 119 Å². The van der Waals surface area contributed by atoms with Crippen molar-refractivity contribution in [3.8, 4) is 11.5 Å². The van der Waals surface area contributed by atoms with Crippen LogP contribution in [-0.2, 0) is 16.0 Å². The van der Waals surface area contributed by atoms with Gasteiger partial charge >= 0.3 is 0 Å². The first kappa shape index (κ1) is 45.1. The van der Waals surface area contributed by atoms with Gasteiger partial charge in [-0.25, -0.2) is 0 Å². The predicted octanol–water partition coefficient (Wildman–Crippen LogP) is 4.70. The van der Waals surface area contributed by atoms with Crippen molar-refractivity contribution < 1.29 is 55.5 Å². The number of aliphatic hydroxyl groups excluding tert-OH is 4. The van der Waals surface area contributed by atoms with Crippen LogP contribution in [0.2, 0.25) is 0 Å². The standard InChI is InChI=1S/C53H75NO11/c1-6-54-25-29-22-45(3)13-10-33(29)53(44(61)28(45)2)51(63,17-18-55)43-37(65-53)23-52(64)34-21-36(59)41-40-32-19-30(57)20-35(58)31(32)9-14-50(40,62)39(60)24-46(41,4)42(34)49(27-47(43,52)5)16-15-48(38(49)26-56)11-7-8-12-48/h19-22,28,33,37-44,54-58,60-64H,6-18,23-27H2,1-5H3. The first-order valence-electron chi connectivity index (χ1n) is 25.3. The molecule has 12 heteroatoms. The van der Waals surface area contributed by atoms with Crippen LogP contribution < -0.4 is 5.32 Å². The molecular formula is C53H75NO11. The van der Waals surface area contributed by atoms with Gasteiger partial charge in [-0.3, -0.25) is 4.79 Å². The van der Waals surface area contributed by atoms with Crippen LogP contribution in [0.4, 0.5) is 0 Å². The molecule has 11 aliphatic rings. The number of phenolic OH excluding ortho intramolecular Hbond substituents is 2. The van der Waals surface area contributed by atoms with Crippen LogP contribution >= 0.6 is 0 Å². The smallest absolute Gasteiger partial charge is 0.160 e. The van der Waals surface area contributed by atoms with Gasteiger partial charge in [-0.15, -0.1) is 0 Å². The number of hydrogen-bond acceptors (Lipinski definition) is 12. The predicted molar refractivity (Wildman–Crippen MR) is 240 cm³/mol. The van der Waals surface area contributed by atoms with Crippen LogP contribution in [0.3, 0.4) is 0 Å². The number of nitrogens with one attached hydrogen (secondary N) is 1. The fourth-order valence-corrected chi connectivity index (χ4v) is 19.8. The van der Waals surface area contributed by atoms with Crippen molar-refractivity contribution >= 4 is 5.78 Å². The van der Waals surface area contributed by atoms with Gasteiger partial charge < -0.3 is 56.0 Å². The van der Waals surface area contributed by atoms with E-state index in [2.05, 4.69) is 25.2 Å². The average molecular weight is 902 g/mol. The van der Waals surface area contributed by atoms with Crippen molar-refractivity contribution in [2.24, 2.45) is 62.6 Å². The maximum atomic E-state index is 15.6. The van der Waals surface area contributed by atoms with Crippen molar-refractivity contribution in [2.75, 3.05) is 26.3 Å². The lowest BCUT2D eigenvalue weighted by Gasteiger charge is -2.70. The van der Waals surface area contributed by atoms with E-state index in [4.69, 9.17) is 4.74 Å². The minimum atomic E-state index is -1.82. The number of rotatable bonds is 6. The van der Waals surface area contributed by atoms with Gasteiger partial charge in [0.25, 0.3) is 0 Å². The van der Waals surface area contributed by atoms with Gasteiger partial charge in [-0.1, -0.05) is 59.1 Å². The van der Waals surface area contributed by atoms with Crippen molar-refractivity contribution in [1.82, 2.24) is 5.32 Å². The van der Waals surface area contributed by atoms with Crippen LogP contribution in [0.5, 0.6) is 11.5 Å². The molecule has 0 radical (unpaired) electrons. The SMILES string of the molecule is CCNCC1=CC2(C)CCC1C1(OC3CC4(O)C5=CC(=O)C6C7c8cc(O)cc(O)c8CCC7(O)C(O)CC6(C)C5C5(CCC6(CCCC6)C5CO)CC4(C)C3C1(O)CCO)C(O)C2C. The number of carbonyl (C=O) groups excluding carboxylic acids is 1. The normalized spacial score (nSPS) is 52.2. The summed E-state index contributed by atoms with van der Waals surface area (Å²) >= 11 is 0. The Bertz CT molecular complexity index is 2240. The largest absolute Gasteiger partial charge is 0.508 e. The van der Waals surface area contributed by atoms with E-state index in [1.807, 2.05) is 20.8 Å². The minimum absolute atomic E-state index is 0.0445. The summed E-state index contributed by atoms with van der Waals surface area (Å²) < 4.78 is 7.53. The van der Waals surface area contributed by atoms with E-state index in [1.54, 1.807) is 6.08 Å². The molecule has 1 saturated heterocycles. The number of carbonyl (C=O) groups is 1. The third-order valence-corrected chi connectivity index (χ3v) is 22.3. The highest BCUT2D eigenvalue weighted by molar-refractivity contribution is 5.96. The molecule has 1 aliphatic heterocycles. The number of aliphatic hydroxyl groups is 7. The molecular weight excluding hydrogens is 827 g/mol. The lowest BCUT2D eigenvalue weighted by molar-refractivity contribution is -0.258. The molecule has 12 rings (SSSR count). The fraction of sp³-hybridized carbons (Fsp3) is 0.792. The molecule has 358 valence electrons. The fourth-order valence-electron chi connectivity index (χ4n) is 19.8. The summed E-state index contributed by atoms with van der Waals surface area (Å²) in [5.41, 5.74) is -7.72. The van der Waals surface area contributed by atoms with E-state index in [0.29, 0.717) is 42.5 Å². The number of ether oxygens (including phenoxy) is 1. The van der Waals surface area contributed by atoms with E-state index in [-0.39, 0.29) is 91.2 Å². The van der Waals surface area contributed by atoms with Gasteiger partial charge in [-0.2, -0.15) is 0 Å². The molecule has 3 spiro atoms. The second-order valence-electron chi connectivity index (χ2n) is 24.5. The van der Waals surface area contributed by atoms with Gasteiger partial charge in [0.05, 0.1) is 29.5 Å². The molecule has 18 atom stereocenters. The molecule has 10 aliphatic carbocycles. The Hall–Kier alpha value is -2.39. The topological polar surface area (TPSA) is 220 Å². The van der Waals surface area contributed by atoms with Gasteiger partial charge in [0.1, 0.15) is 22.7 Å². The van der Waals surface area contributed by atoms with Crippen molar-refractivity contribution in [1.29, 1.82) is 0 Å². The van der Waals surface area contributed by atoms with Crippen LogP contribution in [0.25, 0.3) is 0 Å². The van der Waals surface area contributed by atoms with Crippen LogP contribution in [0.1, 0.15) is 135 Å². The number of allylic oxidation sites excluding steroid dienone is 2. The average Bonchev–Trinajstić information content (AvgIpc) is 3.94. The lowest BCUT2D eigenvalue weighted by Crippen LogP contribution is -2.73. The molecule has 1 heterocycles. The zero-order valence-corrected chi connectivity index (χ0v) is 39.2. The van der Waals surface area contributed by atoms with Crippen molar-refractivity contribution in [3.63, 3.8) is 0 Å². The van der Waals surface area contributed by atoms with Crippen LogP contribution in [0.15, 0.2) is 35.4 Å². The zero-order valence-electron chi connectivity index (χ0n) is 39.2. The Morgan fingerprint density at radius 2 is 1.66 bits per heavy atom. The van der Waals surface area contributed by atoms with E-state index in [9.17, 15) is 46.0 Å². The third kappa shape index (κ3) is 5.18. The van der Waals surface area contributed by atoms with Crippen molar-refractivity contribution in [3.05, 3.63) is 46.6 Å². The Balaban J connectivity index is 1.13. The molecule has 12 nitrogen and oxygen atoms in total. The number of aromatic hydroxyl groups is 2. The Morgan fingerprint density at radius 1 is 0.923 bits per heavy atom. The second-order valence-corrected chi connectivity index (χ2v) is 24.5. The second kappa shape index (κ2) is 14.1. The summed E-state index contributed by atoms with van der Waals surface area (Å²) in [5.74, 6) is -4.75. The molecule has 2 bridgehead atoms. The van der Waals surface area contributed by atoms with E-state index >= 15 is 4.79 Å². The molecule has 65 heavy (non-hydrogen) atoms. The number of phenols is 2. The summed E-state index contributed by atoms with van der Waals surface area (Å²) in [6.45, 7) is 11.2. The number of fused-ring (bicyclic) bond motifs is 14. The molecule has 7 fully saturated rings. The maximum absolute atomic E-state index is 15.6. The molecule has 10 N–H and O–H groups in total. The van der Waals surface area contributed by atoms with E-state index in [1.165, 1.54) is 12.1 Å². The molecule has 18 unspecified atom stereocenters.